The molecule has 0 N–H and O–H groups in total. The highest BCUT2D eigenvalue weighted by atomic mass is 14.1. The molecule has 0 spiro atoms. The topological polar surface area (TPSA) is 0 Å². The Bertz CT molecular complexity index is 3030. The Morgan fingerprint density at radius 1 is 0.173 bits per heavy atom. The lowest BCUT2D eigenvalue weighted by atomic mass is 10.0. The second-order valence-corrected chi connectivity index (χ2v) is 20.5. The van der Waals surface area contributed by atoms with E-state index in [1.54, 1.807) is 0 Å². The number of rotatable bonds is 6. The van der Waals surface area contributed by atoms with Gasteiger partial charge in [-0.15, -0.1) is 0 Å². The third kappa shape index (κ3) is 22.1. The first-order valence-corrected chi connectivity index (χ1v) is 26.5. The van der Waals surface area contributed by atoms with Gasteiger partial charge in [-0.05, 0) is 158 Å². The maximum atomic E-state index is 2.25. The molecule has 0 aliphatic rings. The van der Waals surface area contributed by atoms with Crippen LogP contribution in [-0.2, 0) is 12.8 Å². The van der Waals surface area contributed by atoms with Gasteiger partial charge >= 0.3 is 0 Å². The van der Waals surface area contributed by atoms with Crippen LogP contribution in [0.2, 0.25) is 0 Å². The van der Waals surface area contributed by atoms with Gasteiger partial charge in [0.15, 0.2) is 0 Å². The van der Waals surface area contributed by atoms with Gasteiger partial charge in [-0.1, -0.05) is 298 Å². The molecule has 0 aliphatic carbocycles. The summed E-state index contributed by atoms with van der Waals surface area (Å²) in [6.07, 6.45) is 2.06. The van der Waals surface area contributed by atoms with Gasteiger partial charge in [-0.3, -0.25) is 0 Å². The van der Waals surface area contributed by atoms with Crippen LogP contribution in [0.15, 0.2) is 237 Å². The van der Waals surface area contributed by atoms with Crippen LogP contribution in [-0.4, -0.2) is 0 Å². The van der Waals surface area contributed by atoms with E-state index in [0.717, 1.165) is 12.8 Å². The second kappa shape index (κ2) is 30.4. The lowest BCUT2D eigenvalue weighted by Gasteiger charge is -2.03. The minimum Gasteiger partial charge on any atom is -0.0617 e. The molecule has 0 aliphatic heterocycles. The molecule has 0 unspecified atom stereocenters. The van der Waals surface area contributed by atoms with Crippen LogP contribution in [0, 0.1) is 90.0 Å². The molecule has 0 heterocycles. The van der Waals surface area contributed by atoms with Crippen LogP contribution in [0.3, 0.4) is 0 Å². The highest BCUT2D eigenvalue weighted by Crippen LogP contribution is 2.22. The van der Waals surface area contributed by atoms with Crippen LogP contribution in [0.4, 0.5) is 0 Å². The molecular weight excluding hydrogens is 901 g/mol. The van der Waals surface area contributed by atoms with Crippen molar-refractivity contribution in [2.45, 2.75) is 103 Å². The van der Waals surface area contributed by atoms with Crippen molar-refractivity contribution in [1.82, 2.24) is 0 Å². The van der Waals surface area contributed by atoms with E-state index in [1.807, 2.05) is 0 Å². The Balaban J connectivity index is 0.000000169. The summed E-state index contributed by atoms with van der Waals surface area (Å²) in [5.74, 6) is 0. The van der Waals surface area contributed by atoms with Crippen molar-refractivity contribution < 1.29 is 0 Å². The second-order valence-electron chi connectivity index (χ2n) is 20.5. The minimum absolute atomic E-state index is 1.03. The molecule has 10 aromatic carbocycles. The molecule has 10 aromatic rings. The fourth-order valence-corrected chi connectivity index (χ4v) is 8.20. The van der Waals surface area contributed by atoms with Gasteiger partial charge in [-0.2, -0.15) is 0 Å². The lowest BCUT2D eigenvalue weighted by Crippen LogP contribution is -1.89. The van der Waals surface area contributed by atoms with Gasteiger partial charge in [0, 0.05) is 0 Å². The van der Waals surface area contributed by atoms with Crippen LogP contribution in [0.1, 0.15) is 94.6 Å². The Labute approximate surface area is 453 Å². The molecule has 0 radical (unpaired) electrons. The van der Waals surface area contributed by atoms with Gasteiger partial charge in [0.2, 0.25) is 0 Å². The van der Waals surface area contributed by atoms with Gasteiger partial charge in [0.1, 0.15) is 0 Å². The zero-order valence-electron chi connectivity index (χ0n) is 47.4. The first-order chi connectivity index (χ1) is 36.0. The monoisotopic (exact) mass is 983 g/mol. The average molecular weight is 983 g/mol. The van der Waals surface area contributed by atoms with Crippen LogP contribution < -0.4 is 0 Å². The summed E-state index contributed by atoms with van der Waals surface area (Å²) in [5, 5.41) is 0. The van der Waals surface area contributed by atoms with Crippen molar-refractivity contribution in [3.8, 4) is 22.3 Å². The summed E-state index contributed by atoms with van der Waals surface area (Å²) in [6.45, 7) is 27.6. The van der Waals surface area contributed by atoms with Crippen molar-refractivity contribution in [2.75, 3.05) is 0 Å². The van der Waals surface area contributed by atoms with Crippen molar-refractivity contribution in [3.05, 3.63) is 331 Å². The summed E-state index contributed by atoms with van der Waals surface area (Å²) in [7, 11) is 0. The fraction of sp³-hybridized carbons (Fsp3) is 0.200. The summed E-state index contributed by atoms with van der Waals surface area (Å²) in [6, 6.07) is 84.3. The van der Waals surface area contributed by atoms with E-state index in [1.165, 1.54) is 117 Å². The van der Waals surface area contributed by atoms with Crippen molar-refractivity contribution >= 4 is 0 Å². The molecule has 382 valence electrons. The average Bonchev–Trinajstić information content (AvgIpc) is 3.39. The first kappa shape index (κ1) is 58.1. The molecule has 0 atom stereocenters. The normalized spacial score (nSPS) is 10.0. The summed E-state index contributed by atoms with van der Waals surface area (Å²) in [5.41, 5.74) is 28.0. The molecule has 75 heavy (non-hydrogen) atoms. The van der Waals surface area contributed by atoms with Gasteiger partial charge in [-0.25, -0.2) is 0 Å². The standard InChI is InChI=1S/2C15H16.2C14H14.C9H12.C8H10/c1-12-3-7-14(8-4-12)11-15-9-5-13(2)6-10-15;1-12-5-3-7-14(9-12)11-15-8-4-6-13(2)10-15;1-11-3-7-13(8-4-11)14-9-5-12(2)6-10-14;1-11-5-3-7-13(9-11)14-8-4-6-12(2)10-14;1-7-4-5-8(2)9(3)6-7;1-7-3-5-8(2)6-4-7/h2*3-10H,11H2,1-2H3;2*3-10H,1-2H3;4-6H,1-3H3;3-6H,1-2H3. The quantitative estimate of drug-likeness (QED) is 0.156. The highest BCUT2D eigenvalue weighted by molar-refractivity contribution is 5.65. The Kier molecular flexibility index (Phi) is 23.6. The van der Waals surface area contributed by atoms with Crippen LogP contribution in [0.5, 0.6) is 0 Å². The maximum absolute atomic E-state index is 2.25. The summed E-state index contributed by atoms with van der Waals surface area (Å²) >= 11 is 0. The predicted molar refractivity (Wildman–Crippen MR) is 330 cm³/mol. The number of hydrogen-bond donors (Lipinski definition) is 0. The number of aryl methyl sites for hydroxylation is 13. The van der Waals surface area contributed by atoms with E-state index in [2.05, 4.69) is 327 Å². The molecule has 0 aromatic heterocycles. The SMILES string of the molecule is Cc1ccc(-c2ccc(C)cc2)cc1.Cc1ccc(C)c(C)c1.Cc1ccc(C)cc1.Cc1ccc(Cc2ccc(C)cc2)cc1.Cc1cccc(-c2cccc(C)c2)c1.Cc1cccc(Cc2cccc(C)c2)c1. The molecule has 10 rings (SSSR count). The zero-order chi connectivity index (χ0) is 54.1. The van der Waals surface area contributed by atoms with Crippen molar-refractivity contribution in [1.29, 1.82) is 0 Å². The lowest BCUT2D eigenvalue weighted by molar-refractivity contribution is 1.17. The minimum atomic E-state index is 1.03. The number of benzene rings is 10. The van der Waals surface area contributed by atoms with Crippen molar-refractivity contribution in [2.24, 2.45) is 0 Å². The molecule has 0 saturated heterocycles. The van der Waals surface area contributed by atoms with E-state index in [-0.39, 0.29) is 0 Å². The Hall–Kier alpha value is -7.80. The molecule has 0 fully saturated rings. The highest BCUT2D eigenvalue weighted by Gasteiger charge is 2.00. The Morgan fingerprint density at radius 2 is 0.440 bits per heavy atom. The van der Waals surface area contributed by atoms with E-state index in [4.69, 9.17) is 0 Å². The predicted octanol–water partition coefficient (Wildman–Crippen LogP) is 20.6. The van der Waals surface area contributed by atoms with E-state index in [9.17, 15) is 0 Å². The number of hydrogen-bond acceptors (Lipinski definition) is 0. The fourth-order valence-electron chi connectivity index (χ4n) is 8.20. The first-order valence-electron chi connectivity index (χ1n) is 26.5. The molecule has 0 nitrogen and oxygen atoms in total. The summed E-state index contributed by atoms with van der Waals surface area (Å²) < 4.78 is 0. The molecule has 0 saturated carbocycles. The van der Waals surface area contributed by atoms with E-state index in [0.29, 0.717) is 0 Å². The largest absolute Gasteiger partial charge is 0.0617 e. The molecule has 0 heteroatoms. The van der Waals surface area contributed by atoms with Crippen molar-refractivity contribution in [3.63, 3.8) is 0 Å². The van der Waals surface area contributed by atoms with Crippen LogP contribution in [0.25, 0.3) is 22.3 Å². The molecule has 0 amide bonds. The molecular formula is C75H82. The Morgan fingerprint density at radius 3 is 0.747 bits per heavy atom. The van der Waals surface area contributed by atoms with Gasteiger partial charge < -0.3 is 0 Å². The van der Waals surface area contributed by atoms with Gasteiger partial charge in [0.05, 0.1) is 0 Å². The van der Waals surface area contributed by atoms with Gasteiger partial charge in [0.25, 0.3) is 0 Å². The smallest absolute Gasteiger partial charge is 0.00256 e. The third-order valence-electron chi connectivity index (χ3n) is 12.9. The third-order valence-corrected chi connectivity index (χ3v) is 12.9. The zero-order valence-corrected chi connectivity index (χ0v) is 47.4. The van der Waals surface area contributed by atoms with Crippen LogP contribution >= 0.6 is 0 Å². The molecule has 0 bridgehead atoms. The van der Waals surface area contributed by atoms with E-state index < -0.39 is 0 Å². The summed E-state index contributed by atoms with van der Waals surface area (Å²) in [4.78, 5) is 0. The van der Waals surface area contributed by atoms with E-state index >= 15 is 0 Å². The maximum Gasteiger partial charge on any atom is -0.00256 e.